The highest BCUT2D eigenvalue weighted by Crippen LogP contribution is 2.32. The molecule has 9 nitrogen and oxygen atoms in total. The van der Waals surface area contributed by atoms with Gasteiger partial charge in [-0.1, -0.05) is 6.07 Å². The molecule has 2 heterocycles. The largest absolute Gasteiger partial charge is 0.493 e. The summed E-state index contributed by atoms with van der Waals surface area (Å²) in [6, 6.07) is 11.9. The van der Waals surface area contributed by atoms with Gasteiger partial charge in [0.1, 0.15) is 0 Å². The first-order valence-electron chi connectivity index (χ1n) is 10.3. The molecule has 0 radical (unpaired) electrons. The fourth-order valence-electron chi connectivity index (χ4n) is 3.19. The highest BCUT2D eigenvalue weighted by molar-refractivity contribution is 6.13. The Labute approximate surface area is 203 Å². The maximum atomic E-state index is 12.6. The summed E-state index contributed by atoms with van der Waals surface area (Å²) in [6.07, 6.45) is 4.37. The number of pyridine rings is 1. The lowest BCUT2D eigenvalue weighted by Crippen LogP contribution is -2.09. The summed E-state index contributed by atoms with van der Waals surface area (Å²) in [5.74, 6) is -1.11. The fourth-order valence-corrected chi connectivity index (χ4v) is 3.19. The SMILES string of the molecule is COc1cc(/C=C2\N=C(c3ccc(OC(F)F)c(OC)c3)OC2=O)ccc1OC(=O)c1cccnc1. The van der Waals surface area contributed by atoms with Gasteiger partial charge < -0.3 is 23.7 Å². The van der Waals surface area contributed by atoms with Gasteiger partial charge in [0.2, 0.25) is 5.90 Å². The van der Waals surface area contributed by atoms with Crippen molar-refractivity contribution >= 4 is 23.9 Å². The summed E-state index contributed by atoms with van der Waals surface area (Å²) in [6.45, 7) is -3.02. The first kappa shape index (κ1) is 24.3. The number of nitrogens with zero attached hydrogens (tertiary/aromatic N) is 2. The molecule has 184 valence electrons. The second kappa shape index (κ2) is 10.6. The number of halogens is 2. The molecule has 2 aromatic carbocycles. The number of aliphatic imine (C=N–C) groups is 1. The Balaban J connectivity index is 1.57. The first-order chi connectivity index (χ1) is 17.4. The molecule has 1 aliphatic heterocycles. The van der Waals surface area contributed by atoms with Gasteiger partial charge in [0, 0.05) is 18.0 Å². The third-order valence-electron chi connectivity index (χ3n) is 4.84. The first-order valence-corrected chi connectivity index (χ1v) is 10.3. The molecule has 0 atom stereocenters. The Morgan fingerprint density at radius 2 is 1.75 bits per heavy atom. The lowest BCUT2D eigenvalue weighted by molar-refractivity contribution is -0.129. The number of hydrogen-bond acceptors (Lipinski definition) is 9. The second-order valence-electron chi connectivity index (χ2n) is 7.12. The van der Waals surface area contributed by atoms with Crippen LogP contribution in [-0.4, -0.2) is 43.7 Å². The quantitative estimate of drug-likeness (QED) is 0.259. The van der Waals surface area contributed by atoms with Crippen LogP contribution >= 0.6 is 0 Å². The van der Waals surface area contributed by atoms with E-state index in [1.807, 2.05) is 0 Å². The summed E-state index contributed by atoms with van der Waals surface area (Å²) in [5, 5.41) is 0. The minimum Gasteiger partial charge on any atom is -0.493 e. The molecule has 1 aliphatic rings. The number of cyclic esters (lactones) is 1. The summed E-state index contributed by atoms with van der Waals surface area (Å²) >= 11 is 0. The van der Waals surface area contributed by atoms with Crippen molar-refractivity contribution < 1.29 is 42.1 Å². The van der Waals surface area contributed by atoms with E-state index in [9.17, 15) is 18.4 Å². The number of carbonyl (C=O) groups is 2. The molecule has 4 rings (SSSR count). The van der Waals surface area contributed by atoms with Crippen LogP contribution in [0.4, 0.5) is 8.78 Å². The molecule has 0 amide bonds. The maximum absolute atomic E-state index is 12.6. The molecule has 0 spiro atoms. The van der Waals surface area contributed by atoms with Gasteiger partial charge in [0.05, 0.1) is 19.8 Å². The van der Waals surface area contributed by atoms with Crippen molar-refractivity contribution in [2.24, 2.45) is 4.99 Å². The van der Waals surface area contributed by atoms with Gasteiger partial charge >= 0.3 is 18.6 Å². The highest BCUT2D eigenvalue weighted by atomic mass is 19.3. The van der Waals surface area contributed by atoms with Crippen LogP contribution in [0, 0.1) is 0 Å². The minimum atomic E-state index is -3.02. The van der Waals surface area contributed by atoms with Crippen LogP contribution < -0.4 is 18.9 Å². The molecule has 3 aromatic rings. The van der Waals surface area contributed by atoms with Crippen LogP contribution in [-0.2, 0) is 9.53 Å². The molecule has 0 saturated carbocycles. The van der Waals surface area contributed by atoms with E-state index in [1.165, 1.54) is 57.0 Å². The highest BCUT2D eigenvalue weighted by Gasteiger charge is 2.25. The van der Waals surface area contributed by atoms with Crippen molar-refractivity contribution in [3.63, 3.8) is 0 Å². The van der Waals surface area contributed by atoms with E-state index in [2.05, 4.69) is 14.7 Å². The monoisotopic (exact) mass is 496 g/mol. The summed E-state index contributed by atoms with van der Waals surface area (Å²) < 4.78 is 50.5. The van der Waals surface area contributed by atoms with E-state index in [1.54, 1.807) is 24.3 Å². The molecule has 0 fully saturated rings. The average molecular weight is 496 g/mol. The van der Waals surface area contributed by atoms with Crippen LogP contribution in [0.15, 0.2) is 71.6 Å². The number of alkyl halides is 2. The van der Waals surface area contributed by atoms with Crippen molar-refractivity contribution in [1.29, 1.82) is 0 Å². The van der Waals surface area contributed by atoms with Crippen LogP contribution in [0.25, 0.3) is 6.08 Å². The topological polar surface area (TPSA) is 106 Å². The molecule has 0 unspecified atom stereocenters. The molecule has 1 aromatic heterocycles. The van der Waals surface area contributed by atoms with Gasteiger partial charge in [0.25, 0.3) is 0 Å². The van der Waals surface area contributed by atoms with E-state index in [0.717, 1.165) is 0 Å². The van der Waals surface area contributed by atoms with Crippen molar-refractivity contribution in [1.82, 2.24) is 4.98 Å². The van der Waals surface area contributed by atoms with Crippen molar-refractivity contribution in [2.45, 2.75) is 6.61 Å². The fraction of sp³-hybridized carbons (Fsp3) is 0.120. The van der Waals surface area contributed by atoms with Crippen LogP contribution in [0.1, 0.15) is 21.5 Å². The van der Waals surface area contributed by atoms with E-state index >= 15 is 0 Å². The Morgan fingerprint density at radius 3 is 2.44 bits per heavy atom. The van der Waals surface area contributed by atoms with Gasteiger partial charge in [0.15, 0.2) is 28.7 Å². The smallest absolute Gasteiger partial charge is 0.387 e. The predicted molar refractivity (Wildman–Crippen MR) is 122 cm³/mol. The van der Waals surface area contributed by atoms with Crippen molar-refractivity contribution in [3.8, 4) is 23.0 Å². The third-order valence-corrected chi connectivity index (χ3v) is 4.84. The molecular weight excluding hydrogens is 478 g/mol. The zero-order valence-electron chi connectivity index (χ0n) is 18.9. The van der Waals surface area contributed by atoms with Gasteiger partial charge in [-0.25, -0.2) is 14.6 Å². The molecule has 0 saturated heterocycles. The van der Waals surface area contributed by atoms with Gasteiger partial charge in [-0.05, 0) is 54.1 Å². The lowest BCUT2D eigenvalue weighted by atomic mass is 10.1. The summed E-state index contributed by atoms with van der Waals surface area (Å²) in [7, 11) is 2.69. The number of benzene rings is 2. The van der Waals surface area contributed by atoms with Gasteiger partial charge in [-0.3, -0.25) is 4.98 Å². The van der Waals surface area contributed by atoms with Crippen molar-refractivity contribution in [3.05, 3.63) is 83.3 Å². The lowest BCUT2D eigenvalue weighted by Gasteiger charge is -2.10. The zero-order chi connectivity index (χ0) is 25.7. The molecule has 0 bridgehead atoms. The van der Waals surface area contributed by atoms with E-state index < -0.39 is 18.6 Å². The zero-order valence-corrected chi connectivity index (χ0v) is 18.9. The molecule has 11 heteroatoms. The second-order valence-corrected chi connectivity index (χ2v) is 7.12. The number of ether oxygens (including phenoxy) is 5. The number of hydrogen-bond donors (Lipinski definition) is 0. The minimum absolute atomic E-state index is 0.0148. The Bertz CT molecular complexity index is 1360. The van der Waals surface area contributed by atoms with Crippen LogP contribution in [0.2, 0.25) is 0 Å². The molecule has 36 heavy (non-hydrogen) atoms. The molecular formula is C25H18F2N2O7. The number of aromatic nitrogens is 1. The van der Waals surface area contributed by atoms with Gasteiger partial charge in [-0.2, -0.15) is 8.78 Å². The number of methoxy groups -OCH3 is 2. The van der Waals surface area contributed by atoms with Gasteiger partial charge in [-0.15, -0.1) is 0 Å². The maximum Gasteiger partial charge on any atom is 0.387 e. The Kier molecular flexibility index (Phi) is 7.19. The number of carbonyl (C=O) groups excluding carboxylic acids is 2. The number of esters is 2. The summed E-state index contributed by atoms with van der Waals surface area (Å²) in [5.41, 5.74) is 1.09. The third kappa shape index (κ3) is 5.46. The summed E-state index contributed by atoms with van der Waals surface area (Å²) in [4.78, 5) is 32.8. The normalized spacial score (nSPS) is 13.9. The van der Waals surface area contributed by atoms with Crippen LogP contribution in [0.5, 0.6) is 23.0 Å². The van der Waals surface area contributed by atoms with Crippen molar-refractivity contribution in [2.75, 3.05) is 14.2 Å². The van der Waals surface area contributed by atoms with E-state index in [-0.39, 0.29) is 40.2 Å². The van der Waals surface area contributed by atoms with E-state index in [4.69, 9.17) is 18.9 Å². The predicted octanol–water partition coefficient (Wildman–Crippen LogP) is 4.26. The molecule has 0 aliphatic carbocycles. The standard InChI is InChI=1S/C25H18F2N2O7/c1-32-20-11-14(5-7-18(20)34-23(30)16-4-3-9-28-13-16)10-17-24(31)36-22(29-17)15-6-8-19(35-25(26)27)21(12-15)33-2/h3-13,25H,1-2H3/b17-10-. The average Bonchev–Trinajstić information content (AvgIpc) is 3.25. The Hall–Kier alpha value is -4.80. The van der Waals surface area contributed by atoms with E-state index in [0.29, 0.717) is 11.1 Å². The number of rotatable bonds is 8. The Morgan fingerprint density at radius 1 is 1.00 bits per heavy atom. The van der Waals surface area contributed by atoms with Crippen LogP contribution in [0.3, 0.4) is 0 Å². The molecule has 0 N–H and O–H groups in total.